The van der Waals surface area contributed by atoms with E-state index in [0.717, 1.165) is 28.5 Å². The molecule has 0 saturated heterocycles. The van der Waals surface area contributed by atoms with Crippen LogP contribution in [0, 0.1) is 18.7 Å². The Morgan fingerprint density at radius 3 is 2.53 bits per heavy atom. The number of hydrogen-bond acceptors (Lipinski definition) is 3. The highest BCUT2D eigenvalue weighted by Gasteiger charge is 2.29. The molecule has 0 fully saturated rings. The monoisotopic (exact) mass is 413 g/mol. The van der Waals surface area contributed by atoms with E-state index in [1.165, 1.54) is 6.20 Å². The van der Waals surface area contributed by atoms with Crippen LogP contribution in [0.5, 0.6) is 0 Å². The smallest absolute Gasteiger partial charge is 0.229 e. The molecule has 0 atom stereocenters. The van der Waals surface area contributed by atoms with Gasteiger partial charge in [-0.3, -0.25) is 9.59 Å². The SMILES string of the molecule is C=CC(=O)c1cn2c(c(F)c1=O)-c1oc3c(C)cccc3c1CC2.CC.CC(C)C.[HH]. The number of aromatic nitrogens is 1. The van der Waals surface area contributed by atoms with Crippen LogP contribution in [0.3, 0.4) is 0 Å². The topological polar surface area (TPSA) is 52.2 Å². The second kappa shape index (κ2) is 9.70. The zero-order chi connectivity index (χ0) is 22.6. The fourth-order valence-electron chi connectivity index (χ4n) is 3.31. The van der Waals surface area contributed by atoms with Gasteiger partial charge in [-0.05, 0) is 30.9 Å². The van der Waals surface area contributed by atoms with Crippen molar-refractivity contribution in [2.75, 3.05) is 0 Å². The molecule has 1 aromatic carbocycles. The summed E-state index contributed by atoms with van der Waals surface area (Å²) in [6.07, 6.45) is 3.05. The molecular formula is C25H32FNO3. The number of pyridine rings is 1. The van der Waals surface area contributed by atoms with Crippen LogP contribution in [0.1, 0.15) is 57.5 Å². The molecule has 5 heteroatoms. The first kappa shape index (κ1) is 23.3. The van der Waals surface area contributed by atoms with Crippen molar-refractivity contribution in [2.45, 2.75) is 54.5 Å². The number of carbonyl (C=O) groups is 1. The van der Waals surface area contributed by atoms with Gasteiger partial charge in [0.2, 0.25) is 5.43 Å². The molecule has 4 rings (SSSR count). The molecule has 1 aliphatic rings. The fraction of sp³-hybridized carbons (Fsp3) is 0.360. The average molecular weight is 414 g/mol. The van der Waals surface area contributed by atoms with E-state index in [1.807, 2.05) is 39.0 Å². The van der Waals surface area contributed by atoms with Crippen molar-refractivity contribution < 1.29 is 15.0 Å². The van der Waals surface area contributed by atoms with Gasteiger partial charge in [0, 0.05) is 25.1 Å². The van der Waals surface area contributed by atoms with E-state index in [1.54, 1.807) is 4.57 Å². The van der Waals surface area contributed by atoms with Crippen LogP contribution < -0.4 is 5.43 Å². The summed E-state index contributed by atoms with van der Waals surface area (Å²) in [6, 6.07) is 5.79. The standard InChI is InChI=1S/C19H14FNO3.C4H10.C2H6.H2/c1-3-14(22)13-9-21-8-7-12-11-6-4-5-10(2)18(11)24-19(12)16(21)15(20)17(13)23;1-4(2)3;1-2;/h3-6,9H,1,7-8H2,2H3;4H,1-3H3;1-2H3;1H. The number of hydrogen-bond donors (Lipinski definition) is 0. The molecule has 3 aromatic rings. The lowest BCUT2D eigenvalue weighted by Crippen LogP contribution is -2.25. The molecule has 0 bridgehead atoms. The maximum absolute atomic E-state index is 14.8. The maximum Gasteiger partial charge on any atom is 0.229 e. The molecule has 2 aromatic heterocycles. The van der Waals surface area contributed by atoms with E-state index in [-0.39, 0.29) is 12.7 Å². The van der Waals surface area contributed by atoms with Gasteiger partial charge in [-0.1, -0.05) is 59.4 Å². The van der Waals surface area contributed by atoms with Gasteiger partial charge in [0.05, 0.1) is 5.56 Å². The first-order valence-corrected chi connectivity index (χ1v) is 10.4. The summed E-state index contributed by atoms with van der Waals surface area (Å²) >= 11 is 0. The zero-order valence-electron chi connectivity index (χ0n) is 18.6. The van der Waals surface area contributed by atoms with Crippen molar-refractivity contribution in [1.29, 1.82) is 0 Å². The van der Waals surface area contributed by atoms with E-state index in [4.69, 9.17) is 4.42 Å². The molecule has 0 aliphatic carbocycles. The minimum absolute atomic E-state index is 0. The van der Waals surface area contributed by atoms with Crippen molar-refractivity contribution >= 4 is 16.8 Å². The number of allylic oxidation sites excluding steroid dienone is 1. The van der Waals surface area contributed by atoms with E-state index in [0.29, 0.717) is 24.3 Å². The molecule has 0 saturated carbocycles. The number of carbonyl (C=O) groups excluding carboxylic acids is 1. The Balaban J connectivity index is 0.000000620. The van der Waals surface area contributed by atoms with Gasteiger partial charge < -0.3 is 8.98 Å². The summed E-state index contributed by atoms with van der Waals surface area (Å²) in [7, 11) is 0. The highest BCUT2D eigenvalue weighted by molar-refractivity contribution is 6.04. The van der Waals surface area contributed by atoms with Crippen molar-refractivity contribution in [3.63, 3.8) is 0 Å². The number of benzene rings is 1. The molecule has 0 unspecified atom stereocenters. The summed E-state index contributed by atoms with van der Waals surface area (Å²) in [6.45, 7) is 16.3. The fourth-order valence-corrected chi connectivity index (χ4v) is 3.31. The number of ketones is 1. The molecular weight excluding hydrogens is 381 g/mol. The minimum atomic E-state index is -0.958. The van der Waals surface area contributed by atoms with Crippen molar-refractivity contribution in [2.24, 2.45) is 5.92 Å². The predicted octanol–water partition coefficient (Wildman–Crippen LogP) is 6.57. The Morgan fingerprint density at radius 2 is 1.93 bits per heavy atom. The third-order valence-corrected chi connectivity index (χ3v) is 4.51. The van der Waals surface area contributed by atoms with Gasteiger partial charge in [0.1, 0.15) is 11.3 Å². The molecule has 162 valence electrons. The van der Waals surface area contributed by atoms with Gasteiger partial charge in [-0.2, -0.15) is 0 Å². The lowest BCUT2D eigenvalue weighted by molar-refractivity contribution is 0.104. The van der Waals surface area contributed by atoms with Crippen LogP contribution >= 0.6 is 0 Å². The Kier molecular flexibility index (Phi) is 7.54. The van der Waals surface area contributed by atoms with E-state index < -0.39 is 17.0 Å². The number of aryl methyl sites for hydroxylation is 3. The van der Waals surface area contributed by atoms with Crippen molar-refractivity contribution in [3.8, 4) is 11.5 Å². The molecule has 0 amide bonds. The minimum Gasteiger partial charge on any atom is -0.454 e. The van der Waals surface area contributed by atoms with E-state index in [9.17, 15) is 14.0 Å². The van der Waals surface area contributed by atoms with E-state index in [2.05, 4.69) is 27.4 Å². The molecule has 1 aliphatic heterocycles. The summed E-state index contributed by atoms with van der Waals surface area (Å²) < 4.78 is 22.3. The van der Waals surface area contributed by atoms with Crippen LogP contribution in [0.2, 0.25) is 0 Å². The van der Waals surface area contributed by atoms with Gasteiger partial charge in [-0.25, -0.2) is 4.39 Å². The number of fused-ring (bicyclic) bond motifs is 5. The Labute approximate surface area is 178 Å². The summed E-state index contributed by atoms with van der Waals surface area (Å²) in [5.41, 5.74) is 1.54. The predicted molar refractivity (Wildman–Crippen MR) is 123 cm³/mol. The number of halogens is 1. The lowest BCUT2D eigenvalue weighted by atomic mass is 9.99. The lowest BCUT2D eigenvalue weighted by Gasteiger charge is -2.19. The molecule has 0 radical (unpaired) electrons. The molecule has 4 nitrogen and oxygen atoms in total. The molecule has 3 heterocycles. The summed E-state index contributed by atoms with van der Waals surface area (Å²) in [5.74, 6) is -0.335. The number of furan rings is 1. The molecule has 0 N–H and O–H groups in total. The quantitative estimate of drug-likeness (QED) is 0.353. The van der Waals surface area contributed by atoms with Gasteiger partial charge in [-0.15, -0.1) is 0 Å². The Hall–Kier alpha value is -2.95. The average Bonchev–Trinajstić information content (AvgIpc) is 3.11. The number of para-hydroxylation sites is 1. The maximum atomic E-state index is 14.8. The Bertz CT molecular complexity index is 1140. The normalized spacial score (nSPS) is 11.6. The van der Waals surface area contributed by atoms with Crippen LogP contribution in [0.4, 0.5) is 4.39 Å². The van der Waals surface area contributed by atoms with Crippen LogP contribution in [-0.4, -0.2) is 10.4 Å². The highest BCUT2D eigenvalue weighted by Crippen LogP contribution is 2.38. The van der Waals surface area contributed by atoms with E-state index >= 15 is 0 Å². The third-order valence-electron chi connectivity index (χ3n) is 4.51. The second-order valence-electron chi connectivity index (χ2n) is 7.64. The Morgan fingerprint density at radius 1 is 1.30 bits per heavy atom. The largest absolute Gasteiger partial charge is 0.454 e. The molecule has 30 heavy (non-hydrogen) atoms. The summed E-state index contributed by atoms with van der Waals surface area (Å²) in [4.78, 5) is 24.0. The van der Waals surface area contributed by atoms with Gasteiger partial charge >= 0.3 is 0 Å². The number of nitrogens with zero attached hydrogens (tertiary/aromatic N) is 1. The van der Waals surface area contributed by atoms with Crippen molar-refractivity contribution in [3.05, 3.63) is 69.8 Å². The van der Waals surface area contributed by atoms with Crippen LogP contribution in [0.15, 0.2) is 46.3 Å². The number of rotatable bonds is 2. The summed E-state index contributed by atoms with van der Waals surface area (Å²) in [5, 5.41) is 0.939. The second-order valence-corrected chi connectivity index (χ2v) is 7.64. The van der Waals surface area contributed by atoms with Gasteiger partial charge in [0.15, 0.2) is 17.4 Å². The zero-order valence-corrected chi connectivity index (χ0v) is 18.6. The first-order valence-electron chi connectivity index (χ1n) is 10.4. The van der Waals surface area contributed by atoms with Crippen LogP contribution in [0.25, 0.3) is 22.4 Å². The van der Waals surface area contributed by atoms with Crippen molar-refractivity contribution in [1.82, 2.24) is 4.57 Å². The third kappa shape index (κ3) is 4.30. The highest BCUT2D eigenvalue weighted by atomic mass is 19.1. The first-order chi connectivity index (χ1) is 14.3. The van der Waals surface area contributed by atoms with Gasteiger partial charge in [0.25, 0.3) is 0 Å². The molecule has 0 spiro atoms. The van der Waals surface area contributed by atoms with Crippen LogP contribution in [-0.2, 0) is 13.0 Å².